The SMILES string of the molecule is Cc1c(C(=O)N2CCN(C)CC2)sc2ncnc(Nc3ccc(F)cc3OC(C)C)c12. The van der Waals surface area contributed by atoms with Crippen molar-refractivity contribution in [3.8, 4) is 5.75 Å². The molecule has 0 aliphatic carbocycles. The van der Waals surface area contributed by atoms with Crippen LogP contribution in [-0.4, -0.2) is 65.0 Å². The smallest absolute Gasteiger partial charge is 0.264 e. The van der Waals surface area contributed by atoms with Crippen molar-refractivity contribution in [1.82, 2.24) is 19.8 Å². The molecular weight excluding hydrogens is 417 g/mol. The number of carbonyl (C=O) groups is 1. The Balaban J connectivity index is 1.69. The number of nitrogens with one attached hydrogen (secondary N) is 1. The van der Waals surface area contributed by atoms with Crippen molar-refractivity contribution < 1.29 is 13.9 Å². The lowest BCUT2D eigenvalue weighted by Gasteiger charge is -2.32. The summed E-state index contributed by atoms with van der Waals surface area (Å²) in [4.78, 5) is 27.5. The van der Waals surface area contributed by atoms with Gasteiger partial charge in [0.15, 0.2) is 0 Å². The van der Waals surface area contributed by atoms with Crippen molar-refractivity contribution in [2.24, 2.45) is 0 Å². The summed E-state index contributed by atoms with van der Waals surface area (Å²) in [5, 5.41) is 4.05. The molecule has 1 amide bonds. The second-order valence-electron chi connectivity index (χ2n) is 7.99. The summed E-state index contributed by atoms with van der Waals surface area (Å²) < 4.78 is 19.5. The lowest BCUT2D eigenvalue weighted by atomic mass is 10.1. The quantitative estimate of drug-likeness (QED) is 0.641. The number of thiophene rings is 1. The zero-order valence-corrected chi connectivity index (χ0v) is 18.9. The zero-order chi connectivity index (χ0) is 22.1. The second kappa shape index (κ2) is 8.76. The molecule has 1 aliphatic heterocycles. The van der Waals surface area contributed by atoms with Crippen LogP contribution in [0.1, 0.15) is 29.1 Å². The Kier molecular flexibility index (Phi) is 6.06. The highest BCUT2D eigenvalue weighted by Gasteiger charge is 2.26. The number of benzene rings is 1. The lowest BCUT2D eigenvalue weighted by Crippen LogP contribution is -2.47. The molecule has 1 aliphatic rings. The first kappa shape index (κ1) is 21.5. The number of hydrogen-bond donors (Lipinski definition) is 1. The Morgan fingerprint density at radius 3 is 2.68 bits per heavy atom. The predicted molar refractivity (Wildman–Crippen MR) is 121 cm³/mol. The molecule has 0 atom stereocenters. The van der Waals surface area contributed by atoms with E-state index in [1.165, 1.54) is 29.8 Å². The molecule has 7 nitrogen and oxygen atoms in total. The van der Waals surface area contributed by atoms with Crippen LogP contribution >= 0.6 is 11.3 Å². The Morgan fingerprint density at radius 1 is 1.23 bits per heavy atom. The Hall–Kier alpha value is -2.78. The van der Waals surface area contributed by atoms with E-state index in [0.717, 1.165) is 28.9 Å². The van der Waals surface area contributed by atoms with Crippen LogP contribution in [-0.2, 0) is 0 Å². The van der Waals surface area contributed by atoms with Gasteiger partial charge in [0.2, 0.25) is 0 Å². The van der Waals surface area contributed by atoms with Crippen LogP contribution in [0.25, 0.3) is 10.2 Å². The number of hydrogen-bond acceptors (Lipinski definition) is 7. The minimum Gasteiger partial charge on any atom is -0.489 e. The number of piperazine rings is 1. The first-order chi connectivity index (χ1) is 14.8. The first-order valence-electron chi connectivity index (χ1n) is 10.3. The van der Waals surface area contributed by atoms with Crippen LogP contribution in [0.2, 0.25) is 0 Å². The molecule has 0 saturated carbocycles. The van der Waals surface area contributed by atoms with E-state index in [1.54, 1.807) is 6.07 Å². The molecule has 0 radical (unpaired) electrons. The number of fused-ring (bicyclic) bond motifs is 1. The van der Waals surface area contributed by atoms with E-state index in [1.807, 2.05) is 25.7 Å². The van der Waals surface area contributed by atoms with Crippen molar-refractivity contribution in [2.75, 3.05) is 38.5 Å². The summed E-state index contributed by atoms with van der Waals surface area (Å²) in [5.41, 5.74) is 1.45. The molecule has 4 rings (SSSR count). The molecule has 3 heterocycles. The molecule has 164 valence electrons. The van der Waals surface area contributed by atoms with Crippen LogP contribution in [0.3, 0.4) is 0 Å². The van der Waals surface area contributed by atoms with Crippen molar-refractivity contribution in [1.29, 1.82) is 0 Å². The van der Waals surface area contributed by atoms with Crippen LogP contribution in [0.5, 0.6) is 5.75 Å². The predicted octanol–water partition coefficient (Wildman–Crippen LogP) is 4.06. The van der Waals surface area contributed by atoms with Gasteiger partial charge >= 0.3 is 0 Å². The highest BCUT2D eigenvalue weighted by atomic mass is 32.1. The van der Waals surface area contributed by atoms with Crippen LogP contribution < -0.4 is 10.1 Å². The van der Waals surface area contributed by atoms with Crippen LogP contribution in [0.4, 0.5) is 15.9 Å². The van der Waals surface area contributed by atoms with Gasteiger partial charge in [-0.15, -0.1) is 11.3 Å². The molecule has 9 heteroatoms. The normalized spacial score (nSPS) is 15.0. The maximum atomic E-state index is 13.8. The number of anilines is 2. The fourth-order valence-corrected chi connectivity index (χ4v) is 4.72. The number of carbonyl (C=O) groups excluding carboxylic acids is 1. The number of nitrogens with zero attached hydrogens (tertiary/aromatic N) is 4. The number of aromatic nitrogens is 2. The van der Waals surface area contributed by atoms with E-state index in [-0.39, 0.29) is 17.8 Å². The number of amides is 1. The van der Waals surface area contributed by atoms with Gasteiger partial charge in [0, 0.05) is 32.2 Å². The van der Waals surface area contributed by atoms with Gasteiger partial charge in [0.25, 0.3) is 5.91 Å². The summed E-state index contributed by atoms with van der Waals surface area (Å²) in [5.74, 6) is 0.630. The van der Waals surface area contributed by atoms with Crippen molar-refractivity contribution in [3.63, 3.8) is 0 Å². The van der Waals surface area contributed by atoms with Crippen LogP contribution in [0.15, 0.2) is 24.5 Å². The zero-order valence-electron chi connectivity index (χ0n) is 18.1. The van der Waals surface area contributed by atoms with Crippen molar-refractivity contribution >= 4 is 39.0 Å². The fourth-order valence-electron chi connectivity index (χ4n) is 3.60. The Labute approximate surface area is 184 Å². The first-order valence-corrected chi connectivity index (χ1v) is 11.1. The number of halogens is 1. The van der Waals surface area contributed by atoms with Gasteiger partial charge < -0.3 is 19.9 Å². The number of rotatable bonds is 5. The van der Waals surface area contributed by atoms with Gasteiger partial charge in [-0.2, -0.15) is 0 Å². The summed E-state index contributed by atoms with van der Waals surface area (Å²) in [6.45, 7) is 8.86. The number of aryl methyl sites for hydroxylation is 1. The molecule has 1 fully saturated rings. The van der Waals surface area contributed by atoms with Crippen molar-refractivity contribution in [3.05, 3.63) is 40.8 Å². The van der Waals surface area contributed by atoms with E-state index in [4.69, 9.17) is 4.74 Å². The highest BCUT2D eigenvalue weighted by Crippen LogP contribution is 2.37. The molecule has 1 saturated heterocycles. The summed E-state index contributed by atoms with van der Waals surface area (Å²) in [6, 6.07) is 4.35. The topological polar surface area (TPSA) is 70.6 Å². The molecule has 0 unspecified atom stereocenters. The summed E-state index contributed by atoms with van der Waals surface area (Å²) >= 11 is 1.38. The van der Waals surface area contributed by atoms with E-state index in [0.29, 0.717) is 35.2 Å². The third-order valence-electron chi connectivity index (χ3n) is 5.27. The van der Waals surface area contributed by atoms with E-state index in [9.17, 15) is 9.18 Å². The number of likely N-dealkylation sites (N-methyl/N-ethyl adjacent to an activating group) is 1. The third kappa shape index (κ3) is 4.47. The maximum Gasteiger partial charge on any atom is 0.264 e. The average molecular weight is 444 g/mol. The molecule has 3 aromatic rings. The molecule has 0 spiro atoms. The molecule has 1 N–H and O–H groups in total. The van der Waals surface area contributed by atoms with E-state index < -0.39 is 0 Å². The van der Waals surface area contributed by atoms with Crippen LogP contribution in [0, 0.1) is 12.7 Å². The lowest BCUT2D eigenvalue weighted by molar-refractivity contribution is 0.0668. The van der Waals surface area contributed by atoms with Gasteiger partial charge in [-0.05, 0) is 45.5 Å². The summed E-state index contributed by atoms with van der Waals surface area (Å²) in [6.07, 6.45) is 1.36. The largest absolute Gasteiger partial charge is 0.489 e. The van der Waals surface area contributed by atoms with E-state index in [2.05, 4.69) is 27.2 Å². The molecule has 2 aromatic heterocycles. The Bertz CT molecular complexity index is 1110. The van der Waals surface area contributed by atoms with Crippen molar-refractivity contribution in [2.45, 2.75) is 26.9 Å². The molecule has 1 aromatic carbocycles. The van der Waals surface area contributed by atoms with Gasteiger partial charge in [0.05, 0.1) is 22.1 Å². The van der Waals surface area contributed by atoms with Gasteiger partial charge in [-0.3, -0.25) is 4.79 Å². The third-order valence-corrected chi connectivity index (χ3v) is 6.46. The van der Waals surface area contributed by atoms with E-state index >= 15 is 0 Å². The monoisotopic (exact) mass is 443 g/mol. The fraction of sp³-hybridized carbons (Fsp3) is 0.409. The average Bonchev–Trinajstić information content (AvgIpc) is 3.07. The Morgan fingerprint density at radius 2 is 1.97 bits per heavy atom. The summed E-state index contributed by atoms with van der Waals surface area (Å²) in [7, 11) is 2.06. The molecular formula is C22H26FN5O2S. The van der Waals surface area contributed by atoms with Gasteiger partial charge in [0.1, 0.15) is 28.5 Å². The standard InChI is InChI=1S/C22H26FN5O2S/c1-13(2)30-17-11-15(23)5-6-16(17)26-20-18-14(3)19(31-21(18)25-12-24-20)22(29)28-9-7-27(4)8-10-28/h5-6,11-13H,7-10H2,1-4H3,(H,24,25,26). The molecule has 0 bridgehead atoms. The second-order valence-corrected chi connectivity index (χ2v) is 8.99. The number of ether oxygens (including phenoxy) is 1. The van der Waals surface area contributed by atoms with Gasteiger partial charge in [-0.1, -0.05) is 0 Å². The van der Waals surface area contributed by atoms with Gasteiger partial charge in [-0.25, -0.2) is 14.4 Å². The highest BCUT2D eigenvalue weighted by molar-refractivity contribution is 7.20. The minimum absolute atomic E-state index is 0.0326. The maximum absolute atomic E-state index is 13.8. The minimum atomic E-state index is -0.374. The molecule has 31 heavy (non-hydrogen) atoms.